The molecule has 1 N–H and O–H groups in total. The van der Waals surface area contributed by atoms with E-state index in [1.807, 2.05) is 6.92 Å². The third kappa shape index (κ3) is 3.64. The summed E-state index contributed by atoms with van der Waals surface area (Å²) in [5.74, 6) is 0.420. The van der Waals surface area contributed by atoms with Crippen molar-refractivity contribution in [3.8, 4) is 0 Å². The maximum atomic E-state index is 13.3. The molecule has 2 nitrogen and oxygen atoms in total. The number of aliphatic hydroxyl groups is 1. The van der Waals surface area contributed by atoms with Crippen LogP contribution >= 0.6 is 11.8 Å². The quantitative estimate of drug-likeness (QED) is 0.621. The number of hydrogen-bond acceptors (Lipinski definition) is 3. The van der Waals surface area contributed by atoms with Gasteiger partial charge in [-0.15, -0.1) is 11.8 Å². The van der Waals surface area contributed by atoms with Gasteiger partial charge in [0.25, 0.3) is 0 Å². The number of aliphatic hydroxyl groups excluding tert-OH is 1. The van der Waals surface area contributed by atoms with Crippen molar-refractivity contribution in [1.82, 2.24) is 0 Å². The maximum absolute atomic E-state index is 13.3. The normalized spacial score (nSPS) is 12.5. The Morgan fingerprint density at radius 1 is 1.60 bits per heavy atom. The summed E-state index contributed by atoms with van der Waals surface area (Å²) in [7, 11) is 0. The molecule has 4 heteroatoms. The SMILES string of the molecule is CC(CO)CSc1ccc(C=O)cc1F. The smallest absolute Gasteiger partial charge is 0.150 e. The molecule has 1 aromatic rings. The van der Waals surface area contributed by atoms with E-state index in [4.69, 9.17) is 5.11 Å². The van der Waals surface area contributed by atoms with Crippen molar-refractivity contribution in [1.29, 1.82) is 0 Å². The van der Waals surface area contributed by atoms with Gasteiger partial charge in [-0.3, -0.25) is 4.79 Å². The van der Waals surface area contributed by atoms with E-state index in [0.29, 0.717) is 22.5 Å². The van der Waals surface area contributed by atoms with E-state index >= 15 is 0 Å². The van der Waals surface area contributed by atoms with E-state index in [0.717, 1.165) is 0 Å². The van der Waals surface area contributed by atoms with E-state index in [1.54, 1.807) is 12.1 Å². The highest BCUT2D eigenvalue weighted by atomic mass is 32.2. The molecule has 1 rings (SSSR count). The fourth-order valence-corrected chi connectivity index (χ4v) is 1.92. The monoisotopic (exact) mass is 228 g/mol. The zero-order valence-corrected chi connectivity index (χ0v) is 9.26. The number of thioether (sulfide) groups is 1. The summed E-state index contributed by atoms with van der Waals surface area (Å²) in [6.45, 7) is 1.99. The van der Waals surface area contributed by atoms with E-state index in [2.05, 4.69) is 0 Å². The Morgan fingerprint density at radius 2 is 2.33 bits per heavy atom. The lowest BCUT2D eigenvalue weighted by Gasteiger charge is -2.07. The molecule has 0 spiro atoms. The molecule has 0 saturated heterocycles. The molecular formula is C11H13FO2S. The molecule has 0 heterocycles. The van der Waals surface area contributed by atoms with Crippen molar-refractivity contribution in [3.05, 3.63) is 29.6 Å². The highest BCUT2D eigenvalue weighted by molar-refractivity contribution is 7.99. The van der Waals surface area contributed by atoms with Crippen molar-refractivity contribution in [2.45, 2.75) is 11.8 Å². The first-order chi connectivity index (χ1) is 7.17. The third-order valence-electron chi connectivity index (χ3n) is 1.93. The Kier molecular flexibility index (Phi) is 4.78. The van der Waals surface area contributed by atoms with Gasteiger partial charge < -0.3 is 5.11 Å². The first kappa shape index (κ1) is 12.2. The Hall–Kier alpha value is -0.870. The number of carbonyl (C=O) groups excluding carboxylic acids is 1. The molecule has 0 aliphatic rings. The van der Waals surface area contributed by atoms with Gasteiger partial charge in [-0.05, 0) is 18.1 Å². The van der Waals surface area contributed by atoms with Gasteiger partial charge in [0.15, 0.2) is 0 Å². The summed E-state index contributed by atoms with van der Waals surface area (Å²) in [6, 6.07) is 4.40. The van der Waals surface area contributed by atoms with Crippen molar-refractivity contribution in [2.24, 2.45) is 5.92 Å². The molecule has 0 aromatic heterocycles. The summed E-state index contributed by atoms with van der Waals surface area (Å²) >= 11 is 1.35. The summed E-state index contributed by atoms with van der Waals surface area (Å²) in [5, 5.41) is 8.81. The Balaban J connectivity index is 2.65. The molecule has 1 atom stereocenters. The van der Waals surface area contributed by atoms with Crippen LogP contribution in [0.1, 0.15) is 17.3 Å². The van der Waals surface area contributed by atoms with Crippen LogP contribution in [-0.2, 0) is 0 Å². The van der Waals surface area contributed by atoms with Crippen molar-refractivity contribution >= 4 is 18.0 Å². The largest absolute Gasteiger partial charge is 0.396 e. The van der Waals surface area contributed by atoms with E-state index < -0.39 is 0 Å². The second kappa shape index (κ2) is 5.88. The Labute approximate surface area is 92.5 Å². The van der Waals surface area contributed by atoms with Crippen LogP contribution in [-0.4, -0.2) is 23.8 Å². The fourth-order valence-electron chi connectivity index (χ4n) is 0.992. The molecule has 82 valence electrons. The summed E-state index contributed by atoms with van der Waals surface area (Å²) in [6.07, 6.45) is 0.619. The molecular weight excluding hydrogens is 215 g/mol. The van der Waals surface area contributed by atoms with Crippen LogP contribution < -0.4 is 0 Å². The zero-order valence-electron chi connectivity index (χ0n) is 8.44. The number of benzene rings is 1. The van der Waals surface area contributed by atoms with Gasteiger partial charge in [0.2, 0.25) is 0 Å². The molecule has 0 saturated carbocycles. The average molecular weight is 228 g/mol. The first-order valence-electron chi connectivity index (χ1n) is 4.65. The molecule has 1 unspecified atom stereocenters. The molecule has 15 heavy (non-hydrogen) atoms. The first-order valence-corrected chi connectivity index (χ1v) is 5.64. The fraction of sp³-hybridized carbons (Fsp3) is 0.364. The van der Waals surface area contributed by atoms with Crippen molar-refractivity contribution in [3.63, 3.8) is 0 Å². The second-order valence-electron chi connectivity index (χ2n) is 3.41. The average Bonchev–Trinajstić information content (AvgIpc) is 2.26. The van der Waals surface area contributed by atoms with Gasteiger partial charge in [-0.1, -0.05) is 13.0 Å². The predicted molar refractivity (Wildman–Crippen MR) is 58.8 cm³/mol. The lowest BCUT2D eigenvalue weighted by molar-refractivity contribution is 0.112. The van der Waals surface area contributed by atoms with Crippen LogP contribution in [0.3, 0.4) is 0 Å². The van der Waals surface area contributed by atoms with Crippen molar-refractivity contribution in [2.75, 3.05) is 12.4 Å². The molecule has 0 bridgehead atoms. The second-order valence-corrected chi connectivity index (χ2v) is 4.47. The van der Waals surface area contributed by atoms with Gasteiger partial charge in [-0.2, -0.15) is 0 Å². The van der Waals surface area contributed by atoms with Crippen LogP contribution in [0.2, 0.25) is 0 Å². The van der Waals surface area contributed by atoms with Crippen molar-refractivity contribution < 1.29 is 14.3 Å². The minimum absolute atomic E-state index is 0.0983. The van der Waals surface area contributed by atoms with Gasteiger partial charge in [0, 0.05) is 22.8 Å². The third-order valence-corrected chi connectivity index (χ3v) is 3.30. The van der Waals surface area contributed by atoms with E-state index in [9.17, 15) is 9.18 Å². The molecule has 0 amide bonds. The Bertz CT molecular complexity index is 341. The number of halogens is 1. The van der Waals surface area contributed by atoms with Crippen LogP contribution in [0.15, 0.2) is 23.1 Å². The number of rotatable bonds is 5. The molecule has 1 aromatic carbocycles. The maximum Gasteiger partial charge on any atom is 0.150 e. The van der Waals surface area contributed by atoms with Gasteiger partial charge in [0.1, 0.15) is 12.1 Å². The zero-order chi connectivity index (χ0) is 11.3. The van der Waals surface area contributed by atoms with Gasteiger partial charge in [-0.25, -0.2) is 4.39 Å². The molecule has 0 aliphatic carbocycles. The standard InChI is InChI=1S/C11H13FO2S/c1-8(5-13)7-15-11-3-2-9(6-14)4-10(11)12/h2-4,6,8,13H,5,7H2,1H3. The summed E-state index contributed by atoms with van der Waals surface area (Å²) < 4.78 is 13.3. The number of hydrogen-bond donors (Lipinski definition) is 1. The van der Waals surface area contributed by atoms with Crippen LogP contribution in [0, 0.1) is 11.7 Å². The van der Waals surface area contributed by atoms with Crippen LogP contribution in [0.5, 0.6) is 0 Å². The van der Waals surface area contributed by atoms with Gasteiger partial charge >= 0.3 is 0 Å². The Morgan fingerprint density at radius 3 is 2.87 bits per heavy atom. The highest BCUT2D eigenvalue weighted by Crippen LogP contribution is 2.24. The van der Waals surface area contributed by atoms with Gasteiger partial charge in [0.05, 0.1) is 0 Å². The lowest BCUT2D eigenvalue weighted by Crippen LogP contribution is -2.03. The topological polar surface area (TPSA) is 37.3 Å². The molecule has 0 fully saturated rings. The lowest BCUT2D eigenvalue weighted by atomic mass is 10.2. The van der Waals surface area contributed by atoms with E-state index in [1.165, 1.54) is 17.8 Å². The minimum Gasteiger partial charge on any atom is -0.396 e. The van der Waals surface area contributed by atoms with Crippen LogP contribution in [0.4, 0.5) is 4.39 Å². The van der Waals surface area contributed by atoms with Crippen LogP contribution in [0.25, 0.3) is 0 Å². The highest BCUT2D eigenvalue weighted by Gasteiger charge is 2.06. The molecule has 0 aliphatic heterocycles. The number of carbonyl (C=O) groups is 1. The molecule has 0 radical (unpaired) electrons. The number of aldehydes is 1. The summed E-state index contributed by atoms with van der Waals surface area (Å²) in [4.78, 5) is 10.9. The predicted octanol–water partition coefficient (Wildman–Crippen LogP) is 2.36. The summed E-state index contributed by atoms with van der Waals surface area (Å²) in [5.41, 5.74) is 0.340. The van der Waals surface area contributed by atoms with E-state index in [-0.39, 0.29) is 18.3 Å². The minimum atomic E-state index is -0.380.